The molecule has 2 saturated heterocycles. The summed E-state index contributed by atoms with van der Waals surface area (Å²) >= 11 is 5.96. The minimum absolute atomic E-state index is 0.0633. The lowest BCUT2D eigenvalue weighted by Crippen LogP contribution is -2.53. The molecule has 23 heavy (non-hydrogen) atoms. The van der Waals surface area contributed by atoms with Crippen molar-refractivity contribution in [2.24, 2.45) is 0 Å². The molecule has 124 valence electrons. The van der Waals surface area contributed by atoms with Gasteiger partial charge >= 0.3 is 0 Å². The van der Waals surface area contributed by atoms with E-state index >= 15 is 0 Å². The zero-order valence-electron chi connectivity index (χ0n) is 13.0. The highest BCUT2D eigenvalue weighted by Gasteiger charge is 2.36. The minimum atomic E-state index is -0.458. The van der Waals surface area contributed by atoms with E-state index in [0.717, 1.165) is 19.0 Å². The normalized spacial score (nSPS) is 22.7. The van der Waals surface area contributed by atoms with Gasteiger partial charge in [0, 0.05) is 39.8 Å². The summed E-state index contributed by atoms with van der Waals surface area (Å²) in [6.07, 6.45) is 0.840. The summed E-state index contributed by atoms with van der Waals surface area (Å²) in [6.45, 7) is 3.19. The van der Waals surface area contributed by atoms with Crippen LogP contribution in [0.3, 0.4) is 0 Å². The minimum Gasteiger partial charge on any atom is -0.344 e. The Balaban J connectivity index is 1.62. The van der Waals surface area contributed by atoms with Crippen molar-refractivity contribution in [3.63, 3.8) is 0 Å². The molecule has 3 rings (SSSR count). The monoisotopic (exact) mass is 339 g/mol. The summed E-state index contributed by atoms with van der Waals surface area (Å²) in [7, 11) is 1.82. The number of hydrogen-bond donors (Lipinski definition) is 0. The van der Waals surface area contributed by atoms with Gasteiger partial charge in [-0.05, 0) is 24.6 Å². The second-order valence-corrected chi connectivity index (χ2v) is 6.42. The van der Waals surface area contributed by atoms with Crippen molar-refractivity contribution in [2.45, 2.75) is 12.5 Å². The molecule has 0 aliphatic carbocycles. The van der Waals surface area contributed by atoms with Crippen LogP contribution in [0.2, 0.25) is 5.02 Å². The topological polar surface area (TPSA) is 43.9 Å². The largest absolute Gasteiger partial charge is 0.344 e. The van der Waals surface area contributed by atoms with E-state index < -0.39 is 5.82 Å². The number of benzene rings is 1. The molecule has 7 heteroatoms. The summed E-state index contributed by atoms with van der Waals surface area (Å²) in [5.74, 6) is -0.490. The molecule has 1 unspecified atom stereocenters. The van der Waals surface area contributed by atoms with Crippen molar-refractivity contribution < 1.29 is 14.0 Å². The average Bonchev–Trinajstić information content (AvgIpc) is 2.87. The van der Waals surface area contributed by atoms with Crippen LogP contribution in [-0.4, -0.2) is 72.3 Å². The van der Waals surface area contributed by atoms with Gasteiger partial charge in [-0.2, -0.15) is 0 Å². The molecule has 0 radical (unpaired) electrons. The Kier molecular flexibility index (Phi) is 4.55. The number of amides is 2. The third-order valence-corrected chi connectivity index (χ3v) is 4.92. The number of hydrogen-bond acceptors (Lipinski definition) is 3. The van der Waals surface area contributed by atoms with Crippen molar-refractivity contribution in [2.75, 3.05) is 39.8 Å². The quantitative estimate of drug-likeness (QED) is 0.819. The Hall–Kier alpha value is -1.66. The zero-order valence-corrected chi connectivity index (χ0v) is 13.7. The first kappa shape index (κ1) is 16.2. The molecule has 2 fully saturated rings. The number of piperazine rings is 1. The van der Waals surface area contributed by atoms with E-state index in [1.54, 1.807) is 9.80 Å². The van der Waals surface area contributed by atoms with Gasteiger partial charge in [0.15, 0.2) is 0 Å². The van der Waals surface area contributed by atoms with Crippen LogP contribution in [-0.2, 0) is 4.79 Å². The SMILES string of the molecule is CN1CCC(N2CCN(C(=O)c3ccc(F)cc3Cl)CC2)C1=O. The van der Waals surface area contributed by atoms with E-state index in [0.29, 0.717) is 31.7 Å². The molecule has 1 aromatic rings. The van der Waals surface area contributed by atoms with Gasteiger partial charge in [0.1, 0.15) is 5.82 Å². The van der Waals surface area contributed by atoms with Crippen LogP contribution in [0.15, 0.2) is 18.2 Å². The van der Waals surface area contributed by atoms with E-state index in [-0.39, 0.29) is 22.9 Å². The van der Waals surface area contributed by atoms with Gasteiger partial charge in [0.2, 0.25) is 5.91 Å². The molecule has 2 aliphatic rings. The van der Waals surface area contributed by atoms with Crippen LogP contribution in [0, 0.1) is 5.82 Å². The first-order valence-corrected chi connectivity index (χ1v) is 8.08. The van der Waals surface area contributed by atoms with Crippen molar-refractivity contribution >= 4 is 23.4 Å². The van der Waals surface area contributed by atoms with E-state index in [1.165, 1.54) is 12.1 Å². The van der Waals surface area contributed by atoms with Crippen molar-refractivity contribution in [3.05, 3.63) is 34.6 Å². The number of nitrogens with zero attached hydrogens (tertiary/aromatic N) is 3. The molecule has 5 nitrogen and oxygen atoms in total. The van der Waals surface area contributed by atoms with Gasteiger partial charge in [-0.15, -0.1) is 0 Å². The lowest BCUT2D eigenvalue weighted by Gasteiger charge is -2.37. The van der Waals surface area contributed by atoms with Gasteiger partial charge in [-0.3, -0.25) is 14.5 Å². The molecular formula is C16H19ClFN3O2. The number of likely N-dealkylation sites (tertiary alicyclic amines) is 1. The fourth-order valence-electron chi connectivity index (χ4n) is 3.21. The highest BCUT2D eigenvalue weighted by atomic mass is 35.5. The predicted octanol–water partition coefficient (Wildman–Crippen LogP) is 1.47. The molecule has 0 N–H and O–H groups in total. The Labute approximate surface area is 139 Å². The van der Waals surface area contributed by atoms with Gasteiger partial charge < -0.3 is 9.80 Å². The number of rotatable bonds is 2. The highest BCUT2D eigenvalue weighted by molar-refractivity contribution is 6.33. The van der Waals surface area contributed by atoms with E-state index in [2.05, 4.69) is 4.90 Å². The smallest absolute Gasteiger partial charge is 0.255 e. The van der Waals surface area contributed by atoms with Crippen molar-refractivity contribution in [1.29, 1.82) is 0 Å². The number of carbonyl (C=O) groups excluding carboxylic acids is 2. The van der Waals surface area contributed by atoms with Gasteiger partial charge in [-0.1, -0.05) is 11.6 Å². The first-order chi connectivity index (χ1) is 11.0. The fraction of sp³-hybridized carbons (Fsp3) is 0.500. The lowest BCUT2D eigenvalue weighted by molar-refractivity contribution is -0.131. The van der Waals surface area contributed by atoms with Gasteiger partial charge in [0.05, 0.1) is 16.6 Å². The fourth-order valence-corrected chi connectivity index (χ4v) is 3.46. The van der Waals surface area contributed by atoms with E-state index in [9.17, 15) is 14.0 Å². The highest BCUT2D eigenvalue weighted by Crippen LogP contribution is 2.22. The summed E-state index contributed by atoms with van der Waals surface area (Å²) < 4.78 is 13.1. The standard InChI is InChI=1S/C16H19ClFN3O2/c1-19-5-4-14(16(19)23)20-6-8-21(9-7-20)15(22)12-3-2-11(18)10-13(12)17/h2-3,10,14H,4-9H2,1H3. The summed E-state index contributed by atoms with van der Waals surface area (Å²) in [6, 6.07) is 3.74. The van der Waals surface area contributed by atoms with Crippen LogP contribution in [0.1, 0.15) is 16.8 Å². The molecule has 0 aromatic heterocycles. The molecular weight excluding hydrogens is 321 g/mol. The first-order valence-electron chi connectivity index (χ1n) is 7.70. The molecule has 2 amide bonds. The maximum atomic E-state index is 13.1. The second-order valence-electron chi connectivity index (χ2n) is 6.02. The van der Waals surface area contributed by atoms with Gasteiger partial charge in [-0.25, -0.2) is 4.39 Å². The van der Waals surface area contributed by atoms with Gasteiger partial charge in [0.25, 0.3) is 5.91 Å². The molecule has 2 heterocycles. The number of likely N-dealkylation sites (N-methyl/N-ethyl adjacent to an activating group) is 1. The van der Waals surface area contributed by atoms with Crippen LogP contribution in [0.5, 0.6) is 0 Å². The van der Waals surface area contributed by atoms with Crippen LogP contribution in [0.25, 0.3) is 0 Å². The van der Waals surface area contributed by atoms with Crippen LogP contribution >= 0.6 is 11.6 Å². The second kappa shape index (κ2) is 6.45. The Bertz CT molecular complexity index is 632. The molecule has 1 atom stereocenters. The maximum Gasteiger partial charge on any atom is 0.255 e. The Morgan fingerprint density at radius 1 is 1.22 bits per heavy atom. The zero-order chi connectivity index (χ0) is 16.6. The van der Waals surface area contributed by atoms with Crippen LogP contribution in [0.4, 0.5) is 4.39 Å². The molecule has 0 spiro atoms. The third kappa shape index (κ3) is 3.19. The van der Waals surface area contributed by atoms with E-state index in [1.807, 2.05) is 7.05 Å². The summed E-state index contributed by atoms with van der Waals surface area (Å²) in [5, 5.41) is 0.130. The lowest BCUT2D eigenvalue weighted by atomic mass is 10.1. The maximum absolute atomic E-state index is 13.1. The molecule has 1 aromatic carbocycles. The Morgan fingerprint density at radius 3 is 2.48 bits per heavy atom. The molecule has 0 saturated carbocycles. The Morgan fingerprint density at radius 2 is 1.91 bits per heavy atom. The molecule has 0 bridgehead atoms. The number of halogens is 2. The van der Waals surface area contributed by atoms with E-state index in [4.69, 9.17) is 11.6 Å². The molecule has 2 aliphatic heterocycles. The van der Waals surface area contributed by atoms with Crippen molar-refractivity contribution in [1.82, 2.24) is 14.7 Å². The summed E-state index contributed by atoms with van der Waals surface area (Å²) in [4.78, 5) is 30.2. The summed E-state index contributed by atoms with van der Waals surface area (Å²) in [5.41, 5.74) is 0.318. The average molecular weight is 340 g/mol. The third-order valence-electron chi connectivity index (χ3n) is 4.60. The van der Waals surface area contributed by atoms with Crippen LogP contribution < -0.4 is 0 Å². The number of carbonyl (C=O) groups is 2. The predicted molar refractivity (Wildman–Crippen MR) is 84.9 cm³/mol. The van der Waals surface area contributed by atoms with Crippen molar-refractivity contribution in [3.8, 4) is 0 Å².